The van der Waals surface area contributed by atoms with Gasteiger partial charge in [-0.25, -0.2) is 5.01 Å². The smallest absolute Gasteiger partial charge is 0.267 e. The van der Waals surface area contributed by atoms with Crippen LogP contribution in [0.4, 0.5) is 0 Å². The zero-order valence-electron chi connectivity index (χ0n) is 11.2. The predicted molar refractivity (Wildman–Crippen MR) is 68.0 cm³/mol. The molecule has 102 valence electrons. The molecule has 0 aromatic heterocycles. The molecule has 2 amide bonds. The summed E-state index contributed by atoms with van der Waals surface area (Å²) in [6, 6.07) is 0. The standard InChI is InChI=1S/C12H21N3O3/c1-4-12(2,7-8-16)13-11(18)9-5-6-10(17)15(3)14-9/h16H,4-8H2,1-3H3,(H,13,18). The third kappa shape index (κ3) is 3.53. The molecule has 0 bridgehead atoms. The number of nitrogens with one attached hydrogen (secondary N) is 1. The molecule has 0 saturated heterocycles. The number of hydrogen-bond acceptors (Lipinski definition) is 4. The first-order chi connectivity index (χ1) is 8.41. The van der Waals surface area contributed by atoms with Crippen LogP contribution in [0.5, 0.6) is 0 Å². The predicted octanol–water partition coefficient (Wildman–Crippen LogP) is 0.262. The number of amides is 2. The van der Waals surface area contributed by atoms with E-state index in [1.54, 1.807) is 7.05 Å². The van der Waals surface area contributed by atoms with Gasteiger partial charge in [0.25, 0.3) is 5.91 Å². The van der Waals surface area contributed by atoms with Crippen molar-refractivity contribution in [2.24, 2.45) is 5.10 Å². The lowest BCUT2D eigenvalue weighted by molar-refractivity contribution is -0.130. The highest BCUT2D eigenvalue weighted by atomic mass is 16.3. The first-order valence-corrected chi connectivity index (χ1v) is 6.19. The van der Waals surface area contributed by atoms with Gasteiger partial charge in [-0.2, -0.15) is 5.10 Å². The first-order valence-electron chi connectivity index (χ1n) is 6.19. The van der Waals surface area contributed by atoms with Crippen molar-refractivity contribution in [3.8, 4) is 0 Å². The molecule has 0 aliphatic carbocycles. The Bertz CT molecular complexity index is 368. The average Bonchev–Trinajstić information content (AvgIpc) is 2.32. The van der Waals surface area contributed by atoms with Gasteiger partial charge in [-0.1, -0.05) is 6.92 Å². The van der Waals surface area contributed by atoms with Gasteiger partial charge in [0.1, 0.15) is 5.71 Å². The van der Waals surface area contributed by atoms with Gasteiger partial charge in [0.15, 0.2) is 0 Å². The molecule has 1 unspecified atom stereocenters. The summed E-state index contributed by atoms with van der Waals surface area (Å²) < 4.78 is 0. The molecule has 1 heterocycles. The summed E-state index contributed by atoms with van der Waals surface area (Å²) in [7, 11) is 1.54. The minimum atomic E-state index is -0.436. The van der Waals surface area contributed by atoms with E-state index in [0.717, 1.165) is 6.42 Å². The fourth-order valence-corrected chi connectivity index (χ4v) is 1.75. The molecular formula is C12H21N3O3. The maximum absolute atomic E-state index is 12.0. The Kier molecular flexibility index (Phi) is 4.84. The second-order valence-corrected chi connectivity index (χ2v) is 4.81. The van der Waals surface area contributed by atoms with E-state index in [4.69, 9.17) is 5.11 Å². The van der Waals surface area contributed by atoms with Crippen LogP contribution in [0.3, 0.4) is 0 Å². The summed E-state index contributed by atoms with van der Waals surface area (Å²) in [6.07, 6.45) is 1.90. The van der Waals surface area contributed by atoms with Gasteiger partial charge >= 0.3 is 0 Å². The Hall–Kier alpha value is -1.43. The molecule has 6 nitrogen and oxygen atoms in total. The van der Waals surface area contributed by atoms with Crippen molar-refractivity contribution >= 4 is 17.5 Å². The van der Waals surface area contributed by atoms with Gasteiger partial charge in [0, 0.05) is 32.0 Å². The third-order valence-electron chi connectivity index (χ3n) is 3.33. The minimum absolute atomic E-state index is 0.0233. The van der Waals surface area contributed by atoms with Gasteiger partial charge < -0.3 is 10.4 Å². The number of hydrogen-bond donors (Lipinski definition) is 2. The molecule has 2 N–H and O–H groups in total. The van der Waals surface area contributed by atoms with E-state index in [2.05, 4.69) is 10.4 Å². The van der Waals surface area contributed by atoms with E-state index < -0.39 is 5.54 Å². The van der Waals surface area contributed by atoms with Crippen LogP contribution >= 0.6 is 0 Å². The number of hydrazone groups is 1. The van der Waals surface area contributed by atoms with Gasteiger partial charge in [-0.15, -0.1) is 0 Å². The number of aliphatic hydroxyl groups is 1. The SMILES string of the molecule is CCC(C)(CCO)NC(=O)C1=NN(C)C(=O)CC1. The quantitative estimate of drug-likeness (QED) is 0.739. The van der Waals surface area contributed by atoms with Crippen LogP contribution in [-0.4, -0.2) is 46.8 Å². The molecule has 0 aromatic rings. The maximum Gasteiger partial charge on any atom is 0.267 e. The van der Waals surface area contributed by atoms with Crippen LogP contribution in [0.25, 0.3) is 0 Å². The fraction of sp³-hybridized carbons (Fsp3) is 0.750. The lowest BCUT2D eigenvalue weighted by Gasteiger charge is -2.30. The van der Waals surface area contributed by atoms with Gasteiger partial charge in [0.2, 0.25) is 5.91 Å². The Morgan fingerprint density at radius 1 is 1.56 bits per heavy atom. The van der Waals surface area contributed by atoms with Gasteiger partial charge in [-0.05, 0) is 19.8 Å². The van der Waals surface area contributed by atoms with Crippen molar-refractivity contribution in [1.82, 2.24) is 10.3 Å². The summed E-state index contributed by atoms with van der Waals surface area (Å²) in [5.74, 6) is -0.340. The molecule has 1 aliphatic heterocycles. The Morgan fingerprint density at radius 2 is 2.22 bits per heavy atom. The van der Waals surface area contributed by atoms with Crippen molar-refractivity contribution in [3.63, 3.8) is 0 Å². The number of carbonyl (C=O) groups is 2. The summed E-state index contributed by atoms with van der Waals surface area (Å²) in [5, 5.41) is 17.0. The van der Waals surface area contributed by atoms with Crippen LogP contribution in [-0.2, 0) is 9.59 Å². The van der Waals surface area contributed by atoms with Crippen molar-refractivity contribution < 1.29 is 14.7 Å². The largest absolute Gasteiger partial charge is 0.396 e. The zero-order valence-corrected chi connectivity index (χ0v) is 11.2. The van der Waals surface area contributed by atoms with Crippen molar-refractivity contribution in [1.29, 1.82) is 0 Å². The molecule has 18 heavy (non-hydrogen) atoms. The number of rotatable bonds is 5. The highest BCUT2D eigenvalue weighted by Crippen LogP contribution is 2.15. The van der Waals surface area contributed by atoms with Crippen LogP contribution in [0.15, 0.2) is 5.10 Å². The molecule has 1 aliphatic rings. The molecule has 0 saturated carbocycles. The maximum atomic E-state index is 12.0. The topological polar surface area (TPSA) is 82.0 Å². The molecule has 0 aromatic carbocycles. The summed E-state index contributed by atoms with van der Waals surface area (Å²) in [5.41, 5.74) is -0.0660. The molecular weight excluding hydrogens is 234 g/mol. The summed E-state index contributed by atoms with van der Waals surface area (Å²) >= 11 is 0. The molecule has 0 spiro atoms. The fourth-order valence-electron chi connectivity index (χ4n) is 1.75. The van der Waals surface area contributed by atoms with Crippen LogP contribution in [0.2, 0.25) is 0 Å². The van der Waals surface area contributed by atoms with Crippen LogP contribution < -0.4 is 5.32 Å². The van der Waals surface area contributed by atoms with E-state index in [-0.39, 0.29) is 18.4 Å². The molecule has 0 radical (unpaired) electrons. The highest BCUT2D eigenvalue weighted by molar-refractivity contribution is 6.39. The monoisotopic (exact) mass is 255 g/mol. The number of nitrogens with zero attached hydrogens (tertiary/aromatic N) is 2. The highest BCUT2D eigenvalue weighted by Gasteiger charge is 2.28. The Labute approximate surface area is 107 Å². The van der Waals surface area contributed by atoms with Crippen molar-refractivity contribution in [2.75, 3.05) is 13.7 Å². The molecule has 1 atom stereocenters. The van der Waals surface area contributed by atoms with E-state index in [9.17, 15) is 9.59 Å². The van der Waals surface area contributed by atoms with Crippen molar-refractivity contribution in [2.45, 2.75) is 45.1 Å². The Morgan fingerprint density at radius 3 is 2.72 bits per heavy atom. The lowest BCUT2D eigenvalue weighted by atomic mass is 9.94. The normalized spacial score (nSPS) is 19.2. The average molecular weight is 255 g/mol. The zero-order chi connectivity index (χ0) is 13.8. The first kappa shape index (κ1) is 14.6. The second kappa shape index (κ2) is 5.95. The van der Waals surface area contributed by atoms with Crippen LogP contribution in [0.1, 0.15) is 39.5 Å². The second-order valence-electron chi connectivity index (χ2n) is 4.81. The number of aliphatic hydroxyl groups excluding tert-OH is 1. The van der Waals surface area contributed by atoms with Crippen molar-refractivity contribution in [3.05, 3.63) is 0 Å². The lowest BCUT2D eigenvalue weighted by Crippen LogP contribution is -2.50. The summed E-state index contributed by atoms with van der Waals surface area (Å²) in [6.45, 7) is 3.86. The molecule has 0 fully saturated rings. The minimum Gasteiger partial charge on any atom is -0.396 e. The Balaban J connectivity index is 2.71. The summed E-state index contributed by atoms with van der Waals surface area (Å²) in [4.78, 5) is 23.3. The van der Waals surface area contributed by atoms with E-state index in [1.807, 2.05) is 13.8 Å². The van der Waals surface area contributed by atoms with E-state index in [1.165, 1.54) is 5.01 Å². The van der Waals surface area contributed by atoms with E-state index >= 15 is 0 Å². The van der Waals surface area contributed by atoms with Crippen LogP contribution in [0, 0.1) is 0 Å². The third-order valence-corrected chi connectivity index (χ3v) is 3.33. The molecule has 6 heteroatoms. The van der Waals surface area contributed by atoms with Gasteiger partial charge in [-0.3, -0.25) is 9.59 Å². The number of carbonyl (C=O) groups excluding carboxylic acids is 2. The van der Waals surface area contributed by atoms with Gasteiger partial charge in [0.05, 0.1) is 0 Å². The van der Waals surface area contributed by atoms with E-state index in [0.29, 0.717) is 25.0 Å². The molecule has 1 rings (SSSR count).